The van der Waals surface area contributed by atoms with Crippen LogP contribution in [0.2, 0.25) is 0 Å². The van der Waals surface area contributed by atoms with Crippen molar-refractivity contribution >= 4 is 5.91 Å². The minimum Gasteiger partial charge on any atom is -0.493 e. The third-order valence-corrected chi connectivity index (χ3v) is 4.68. The van der Waals surface area contributed by atoms with E-state index < -0.39 is 0 Å². The van der Waals surface area contributed by atoms with Crippen LogP contribution in [0.5, 0.6) is 5.75 Å². The minimum absolute atomic E-state index is 0.0429. The molecule has 1 aromatic rings. The van der Waals surface area contributed by atoms with E-state index in [-0.39, 0.29) is 18.0 Å². The molecule has 0 bridgehead atoms. The van der Waals surface area contributed by atoms with E-state index in [1.54, 1.807) is 0 Å². The van der Waals surface area contributed by atoms with Gasteiger partial charge in [0.05, 0.1) is 18.7 Å². The molecular weight excluding hydrogens is 264 g/mol. The van der Waals surface area contributed by atoms with Crippen LogP contribution < -0.4 is 15.4 Å². The van der Waals surface area contributed by atoms with Gasteiger partial charge in [0, 0.05) is 12.0 Å². The number of benzene rings is 1. The first-order chi connectivity index (χ1) is 10.3. The molecule has 4 nitrogen and oxygen atoms in total. The molecule has 1 fully saturated rings. The van der Waals surface area contributed by atoms with Crippen molar-refractivity contribution in [2.75, 3.05) is 13.2 Å². The summed E-state index contributed by atoms with van der Waals surface area (Å²) in [5.41, 5.74) is 1.10. The van der Waals surface area contributed by atoms with Crippen LogP contribution in [-0.2, 0) is 4.79 Å². The molecule has 2 N–H and O–H groups in total. The van der Waals surface area contributed by atoms with Gasteiger partial charge in [-0.15, -0.1) is 0 Å². The molecule has 114 valence electrons. The lowest BCUT2D eigenvalue weighted by molar-refractivity contribution is -0.125. The van der Waals surface area contributed by atoms with Gasteiger partial charge in [-0.05, 0) is 31.4 Å². The molecule has 3 rings (SSSR count). The van der Waals surface area contributed by atoms with Crippen molar-refractivity contribution in [3.05, 3.63) is 29.8 Å². The average molecular weight is 288 g/mol. The number of para-hydroxylation sites is 1. The number of amides is 1. The van der Waals surface area contributed by atoms with Gasteiger partial charge in [0.25, 0.3) is 0 Å². The highest BCUT2D eigenvalue weighted by Gasteiger charge is 2.29. The molecule has 0 spiro atoms. The Balaban J connectivity index is 1.65. The molecule has 1 saturated heterocycles. The van der Waals surface area contributed by atoms with Gasteiger partial charge in [0.2, 0.25) is 5.91 Å². The predicted molar refractivity (Wildman–Crippen MR) is 82.2 cm³/mol. The highest BCUT2D eigenvalue weighted by molar-refractivity contribution is 5.82. The molecule has 0 aliphatic carbocycles. The second-order valence-corrected chi connectivity index (χ2v) is 6.04. The average Bonchev–Trinajstić information content (AvgIpc) is 2.55. The second kappa shape index (κ2) is 6.48. The van der Waals surface area contributed by atoms with Gasteiger partial charge in [0.15, 0.2) is 0 Å². The summed E-state index contributed by atoms with van der Waals surface area (Å²) in [5.74, 6) is 1.70. The maximum atomic E-state index is 12.5. The van der Waals surface area contributed by atoms with Crippen LogP contribution in [0.15, 0.2) is 24.3 Å². The summed E-state index contributed by atoms with van der Waals surface area (Å²) in [6.45, 7) is 3.82. The zero-order valence-corrected chi connectivity index (χ0v) is 12.6. The Hall–Kier alpha value is -1.55. The van der Waals surface area contributed by atoms with E-state index in [0.717, 1.165) is 37.1 Å². The van der Waals surface area contributed by atoms with E-state index in [1.807, 2.05) is 24.3 Å². The molecule has 0 radical (unpaired) electrons. The minimum atomic E-state index is -0.0429. The zero-order chi connectivity index (χ0) is 14.7. The standard InChI is InChI=1S/C17H24N2O2/c1-2-12-7-9-18-15(11-12)17(20)19-14-8-10-21-16-6-4-3-5-13(14)16/h3-6,12,14-15,18H,2,7-11H2,1H3,(H,19,20). The summed E-state index contributed by atoms with van der Waals surface area (Å²) in [5, 5.41) is 6.56. The topological polar surface area (TPSA) is 50.4 Å². The fourth-order valence-corrected chi connectivity index (χ4v) is 3.33. The normalized spacial score (nSPS) is 28.3. The lowest BCUT2D eigenvalue weighted by Crippen LogP contribution is -2.49. The highest BCUT2D eigenvalue weighted by Crippen LogP contribution is 2.31. The van der Waals surface area contributed by atoms with Crippen LogP contribution in [0, 0.1) is 5.92 Å². The summed E-state index contributed by atoms with van der Waals surface area (Å²) in [6, 6.07) is 8.02. The number of hydrogen-bond donors (Lipinski definition) is 2. The van der Waals surface area contributed by atoms with Crippen LogP contribution >= 0.6 is 0 Å². The summed E-state index contributed by atoms with van der Waals surface area (Å²) in [7, 11) is 0. The number of nitrogens with one attached hydrogen (secondary N) is 2. The third-order valence-electron chi connectivity index (χ3n) is 4.68. The largest absolute Gasteiger partial charge is 0.493 e. The molecule has 1 aromatic carbocycles. The zero-order valence-electron chi connectivity index (χ0n) is 12.6. The summed E-state index contributed by atoms with van der Waals surface area (Å²) < 4.78 is 5.65. The van der Waals surface area contributed by atoms with Crippen LogP contribution in [0.3, 0.4) is 0 Å². The Morgan fingerprint density at radius 2 is 2.24 bits per heavy atom. The Kier molecular flexibility index (Phi) is 4.44. The van der Waals surface area contributed by atoms with E-state index in [9.17, 15) is 4.79 Å². The van der Waals surface area contributed by atoms with Crippen LogP contribution in [0.4, 0.5) is 0 Å². The first-order valence-electron chi connectivity index (χ1n) is 8.03. The molecule has 2 aliphatic heterocycles. The molecule has 21 heavy (non-hydrogen) atoms. The van der Waals surface area contributed by atoms with Gasteiger partial charge >= 0.3 is 0 Å². The Labute approximate surface area is 126 Å². The number of hydrogen-bond acceptors (Lipinski definition) is 3. The monoisotopic (exact) mass is 288 g/mol. The van der Waals surface area contributed by atoms with Crippen molar-refractivity contribution in [1.29, 1.82) is 0 Å². The Bertz CT molecular complexity index is 503. The SMILES string of the molecule is CCC1CCNC(C(=O)NC2CCOc3ccccc32)C1. The van der Waals surface area contributed by atoms with Gasteiger partial charge in [-0.3, -0.25) is 4.79 Å². The lowest BCUT2D eigenvalue weighted by Gasteiger charge is -2.32. The first-order valence-corrected chi connectivity index (χ1v) is 8.03. The van der Waals surface area contributed by atoms with Crippen molar-refractivity contribution in [2.24, 2.45) is 5.92 Å². The molecule has 3 atom stereocenters. The second-order valence-electron chi connectivity index (χ2n) is 6.04. The summed E-state index contributed by atoms with van der Waals surface area (Å²) in [6.07, 6.45) is 4.13. The predicted octanol–water partition coefficient (Wildman–Crippen LogP) is 2.40. The lowest BCUT2D eigenvalue weighted by atomic mass is 9.89. The molecule has 1 amide bonds. The number of carbonyl (C=O) groups is 1. The van der Waals surface area contributed by atoms with Gasteiger partial charge in [-0.2, -0.15) is 0 Å². The van der Waals surface area contributed by atoms with Gasteiger partial charge in [-0.25, -0.2) is 0 Å². The molecule has 3 unspecified atom stereocenters. The molecule has 2 heterocycles. The fourth-order valence-electron chi connectivity index (χ4n) is 3.33. The van der Waals surface area contributed by atoms with Crippen molar-refractivity contribution < 1.29 is 9.53 Å². The summed E-state index contributed by atoms with van der Waals surface area (Å²) >= 11 is 0. The molecular formula is C17H24N2O2. The third kappa shape index (κ3) is 3.21. The Morgan fingerprint density at radius 3 is 3.10 bits per heavy atom. The van der Waals surface area contributed by atoms with Crippen molar-refractivity contribution in [3.8, 4) is 5.75 Å². The number of fused-ring (bicyclic) bond motifs is 1. The van der Waals surface area contributed by atoms with Gasteiger partial charge in [0.1, 0.15) is 5.75 Å². The van der Waals surface area contributed by atoms with Crippen LogP contribution in [-0.4, -0.2) is 25.1 Å². The quantitative estimate of drug-likeness (QED) is 0.898. The summed E-state index contributed by atoms with van der Waals surface area (Å²) in [4.78, 5) is 12.5. The smallest absolute Gasteiger partial charge is 0.237 e. The first kappa shape index (κ1) is 14.4. The van der Waals surface area contributed by atoms with E-state index in [1.165, 1.54) is 6.42 Å². The highest BCUT2D eigenvalue weighted by atomic mass is 16.5. The molecule has 0 saturated carbocycles. The van der Waals surface area contributed by atoms with E-state index in [4.69, 9.17) is 4.74 Å². The van der Waals surface area contributed by atoms with E-state index in [0.29, 0.717) is 12.5 Å². The van der Waals surface area contributed by atoms with Crippen molar-refractivity contribution in [2.45, 2.75) is 44.7 Å². The van der Waals surface area contributed by atoms with Crippen molar-refractivity contribution in [3.63, 3.8) is 0 Å². The van der Waals surface area contributed by atoms with E-state index >= 15 is 0 Å². The van der Waals surface area contributed by atoms with Gasteiger partial charge < -0.3 is 15.4 Å². The van der Waals surface area contributed by atoms with Crippen LogP contribution in [0.1, 0.15) is 44.2 Å². The molecule has 0 aromatic heterocycles. The number of carbonyl (C=O) groups excluding carboxylic acids is 1. The molecule has 4 heteroatoms. The maximum absolute atomic E-state index is 12.5. The number of piperidine rings is 1. The molecule has 2 aliphatic rings. The maximum Gasteiger partial charge on any atom is 0.237 e. The van der Waals surface area contributed by atoms with Crippen LogP contribution in [0.25, 0.3) is 0 Å². The Morgan fingerprint density at radius 1 is 1.38 bits per heavy atom. The van der Waals surface area contributed by atoms with Gasteiger partial charge in [-0.1, -0.05) is 31.5 Å². The fraction of sp³-hybridized carbons (Fsp3) is 0.588. The van der Waals surface area contributed by atoms with E-state index in [2.05, 4.69) is 17.6 Å². The van der Waals surface area contributed by atoms with Crippen molar-refractivity contribution in [1.82, 2.24) is 10.6 Å². The number of rotatable bonds is 3. The number of ether oxygens (including phenoxy) is 1.